The van der Waals surface area contributed by atoms with Crippen molar-refractivity contribution in [2.75, 3.05) is 32.6 Å². The summed E-state index contributed by atoms with van der Waals surface area (Å²) in [5.41, 5.74) is 0.517. The third-order valence-electron chi connectivity index (χ3n) is 3.56. The van der Waals surface area contributed by atoms with Crippen molar-refractivity contribution in [2.24, 2.45) is 0 Å². The molecule has 4 amide bonds. The molecule has 0 aromatic heterocycles. The van der Waals surface area contributed by atoms with Gasteiger partial charge in [0.1, 0.15) is 5.57 Å². The van der Waals surface area contributed by atoms with E-state index in [9.17, 15) is 14.4 Å². The monoisotopic (exact) mass is 410 g/mol. The van der Waals surface area contributed by atoms with E-state index in [0.717, 1.165) is 9.80 Å². The number of barbiturate groups is 1. The van der Waals surface area contributed by atoms with E-state index in [1.807, 2.05) is 6.92 Å². The van der Waals surface area contributed by atoms with Gasteiger partial charge in [0, 0.05) is 19.4 Å². The van der Waals surface area contributed by atoms with Crippen molar-refractivity contribution in [3.05, 3.63) is 29.3 Å². The van der Waals surface area contributed by atoms with Gasteiger partial charge < -0.3 is 9.47 Å². The number of likely N-dealkylation sites (N-methyl/N-ethyl adjacent to an activating group) is 2. The molecule has 0 unspecified atom stereocenters. The highest BCUT2D eigenvalue weighted by Crippen LogP contribution is 2.30. The van der Waals surface area contributed by atoms with E-state index < -0.39 is 17.8 Å². The average molecular weight is 411 g/mol. The summed E-state index contributed by atoms with van der Waals surface area (Å²) in [6.45, 7) is 2.78. The Morgan fingerprint density at radius 1 is 1.04 bits per heavy atom. The number of imide groups is 2. The van der Waals surface area contributed by atoms with Crippen LogP contribution in [0.15, 0.2) is 23.8 Å². The number of carbonyl (C=O) groups is 3. The van der Waals surface area contributed by atoms with Crippen LogP contribution in [0, 0.1) is 0 Å². The van der Waals surface area contributed by atoms with Gasteiger partial charge in [-0.1, -0.05) is 22.0 Å². The zero-order chi connectivity index (χ0) is 18.6. The van der Waals surface area contributed by atoms with Crippen molar-refractivity contribution in [3.8, 4) is 11.5 Å². The molecule has 0 N–H and O–H groups in total. The Hall–Kier alpha value is -2.35. The van der Waals surface area contributed by atoms with E-state index in [4.69, 9.17) is 9.47 Å². The molecular formula is C17H19BrN2O5. The molecule has 0 aliphatic carbocycles. The molecule has 0 radical (unpaired) electrons. The Balaban J connectivity index is 2.38. The summed E-state index contributed by atoms with van der Waals surface area (Å²) >= 11 is 3.29. The first-order valence-corrected chi connectivity index (χ1v) is 8.80. The molecule has 2 rings (SSSR count). The van der Waals surface area contributed by atoms with Gasteiger partial charge in [0.15, 0.2) is 11.5 Å². The lowest BCUT2D eigenvalue weighted by Gasteiger charge is -2.28. The van der Waals surface area contributed by atoms with Crippen molar-refractivity contribution in [1.82, 2.24) is 9.80 Å². The van der Waals surface area contributed by atoms with Crippen LogP contribution in [0.2, 0.25) is 0 Å². The predicted molar refractivity (Wildman–Crippen MR) is 95.8 cm³/mol. The minimum absolute atomic E-state index is 0.0822. The third kappa shape index (κ3) is 4.01. The van der Waals surface area contributed by atoms with E-state index in [-0.39, 0.29) is 5.57 Å². The molecule has 0 bridgehead atoms. The van der Waals surface area contributed by atoms with E-state index >= 15 is 0 Å². The van der Waals surface area contributed by atoms with Crippen LogP contribution in [0.4, 0.5) is 4.79 Å². The molecule has 1 fully saturated rings. The first-order chi connectivity index (χ1) is 11.9. The molecule has 134 valence electrons. The van der Waals surface area contributed by atoms with Crippen molar-refractivity contribution in [2.45, 2.75) is 6.92 Å². The van der Waals surface area contributed by atoms with Gasteiger partial charge in [0.05, 0.1) is 13.2 Å². The molecule has 7 nitrogen and oxygen atoms in total. The summed E-state index contributed by atoms with van der Waals surface area (Å²) in [4.78, 5) is 38.1. The van der Waals surface area contributed by atoms with E-state index in [1.165, 1.54) is 20.2 Å². The molecule has 1 aliphatic rings. The highest BCUT2D eigenvalue weighted by molar-refractivity contribution is 9.09. The van der Waals surface area contributed by atoms with Crippen LogP contribution >= 0.6 is 15.9 Å². The Bertz CT molecular complexity index is 706. The van der Waals surface area contributed by atoms with Gasteiger partial charge in [0.2, 0.25) is 0 Å². The first-order valence-electron chi connectivity index (χ1n) is 7.68. The first kappa shape index (κ1) is 19.0. The fourth-order valence-corrected chi connectivity index (χ4v) is 2.45. The normalized spacial score (nSPS) is 14.9. The summed E-state index contributed by atoms with van der Waals surface area (Å²) in [5, 5.41) is 0.681. The molecule has 1 aliphatic heterocycles. The number of rotatable bonds is 6. The van der Waals surface area contributed by atoms with Crippen LogP contribution in [-0.2, 0) is 9.59 Å². The summed E-state index contributed by atoms with van der Waals surface area (Å²) in [6, 6.07) is 4.48. The van der Waals surface area contributed by atoms with Crippen LogP contribution in [0.5, 0.6) is 11.5 Å². The molecule has 0 saturated carbocycles. The number of alkyl halides is 1. The number of hydrogen-bond acceptors (Lipinski definition) is 5. The lowest BCUT2D eigenvalue weighted by Crippen LogP contribution is -2.52. The van der Waals surface area contributed by atoms with Gasteiger partial charge in [0.25, 0.3) is 11.8 Å². The minimum Gasteiger partial charge on any atom is -0.490 e. The van der Waals surface area contributed by atoms with Crippen LogP contribution in [-0.4, -0.2) is 60.3 Å². The van der Waals surface area contributed by atoms with Crippen LogP contribution < -0.4 is 9.47 Å². The van der Waals surface area contributed by atoms with Gasteiger partial charge in [-0.05, 0) is 30.7 Å². The van der Waals surface area contributed by atoms with Gasteiger partial charge in [-0.3, -0.25) is 19.4 Å². The zero-order valence-electron chi connectivity index (χ0n) is 14.2. The summed E-state index contributed by atoms with van der Waals surface area (Å²) in [6.07, 6.45) is 1.45. The maximum Gasteiger partial charge on any atom is 0.333 e. The van der Waals surface area contributed by atoms with Gasteiger partial charge in [-0.15, -0.1) is 0 Å². The SMILES string of the molecule is CCOc1cc(C=C2C(=O)N(C)C(=O)N(C)C2=O)ccc1OCCBr. The molecule has 0 spiro atoms. The van der Waals surface area contributed by atoms with Crippen LogP contribution in [0.3, 0.4) is 0 Å². The number of nitrogens with zero attached hydrogens (tertiary/aromatic N) is 2. The second-order valence-corrected chi connectivity index (χ2v) is 6.04. The highest BCUT2D eigenvalue weighted by Gasteiger charge is 2.37. The third-order valence-corrected chi connectivity index (χ3v) is 3.88. The molecule has 8 heteroatoms. The number of halogens is 1. The highest BCUT2D eigenvalue weighted by atomic mass is 79.9. The minimum atomic E-state index is -0.652. The van der Waals surface area contributed by atoms with Crippen molar-refractivity contribution < 1.29 is 23.9 Å². The Labute approximate surface area is 154 Å². The van der Waals surface area contributed by atoms with Crippen molar-refractivity contribution >= 4 is 39.9 Å². The fraction of sp³-hybridized carbons (Fsp3) is 0.353. The predicted octanol–water partition coefficient (Wildman–Crippen LogP) is 2.29. The van der Waals surface area contributed by atoms with Crippen molar-refractivity contribution in [3.63, 3.8) is 0 Å². The molecule has 1 saturated heterocycles. The number of benzene rings is 1. The lowest BCUT2D eigenvalue weighted by atomic mass is 10.1. The molecular weight excluding hydrogens is 392 g/mol. The van der Waals surface area contributed by atoms with Crippen molar-refractivity contribution in [1.29, 1.82) is 0 Å². The molecule has 25 heavy (non-hydrogen) atoms. The summed E-state index contributed by atoms with van der Waals surface area (Å²) < 4.78 is 11.1. The Morgan fingerprint density at radius 3 is 2.24 bits per heavy atom. The van der Waals surface area contributed by atoms with Gasteiger partial charge >= 0.3 is 6.03 Å². The summed E-state index contributed by atoms with van der Waals surface area (Å²) in [5.74, 6) is -0.170. The van der Waals surface area contributed by atoms with Crippen LogP contribution in [0.25, 0.3) is 6.08 Å². The molecule has 0 atom stereocenters. The fourth-order valence-electron chi connectivity index (χ4n) is 2.29. The number of ether oxygens (including phenoxy) is 2. The summed E-state index contributed by atoms with van der Waals surface area (Å²) in [7, 11) is 2.68. The number of hydrogen-bond donors (Lipinski definition) is 0. The van der Waals surface area contributed by atoms with E-state index in [1.54, 1.807) is 18.2 Å². The van der Waals surface area contributed by atoms with Crippen LogP contribution in [0.1, 0.15) is 12.5 Å². The maximum absolute atomic E-state index is 12.2. The van der Waals surface area contributed by atoms with E-state index in [0.29, 0.717) is 35.6 Å². The number of urea groups is 1. The smallest absolute Gasteiger partial charge is 0.333 e. The number of amides is 4. The molecule has 1 heterocycles. The quantitative estimate of drug-likeness (QED) is 0.408. The van der Waals surface area contributed by atoms with Gasteiger partial charge in [-0.2, -0.15) is 0 Å². The second-order valence-electron chi connectivity index (χ2n) is 5.25. The molecule has 1 aromatic carbocycles. The maximum atomic E-state index is 12.2. The zero-order valence-corrected chi connectivity index (χ0v) is 15.8. The average Bonchev–Trinajstić information content (AvgIpc) is 2.61. The van der Waals surface area contributed by atoms with E-state index in [2.05, 4.69) is 15.9 Å². The standard InChI is InChI=1S/C17H19BrN2O5/c1-4-24-14-10-11(5-6-13(14)25-8-7-18)9-12-15(21)19(2)17(23)20(3)16(12)22/h5-6,9-10H,4,7-8H2,1-3H3. The molecule has 1 aromatic rings. The number of carbonyl (C=O) groups excluding carboxylic acids is 3. The lowest BCUT2D eigenvalue weighted by molar-refractivity contribution is -0.134. The Morgan fingerprint density at radius 2 is 1.68 bits per heavy atom. The largest absolute Gasteiger partial charge is 0.490 e. The second kappa shape index (κ2) is 8.15. The topological polar surface area (TPSA) is 76.2 Å². The van der Waals surface area contributed by atoms with Gasteiger partial charge in [-0.25, -0.2) is 4.79 Å². The Kier molecular flexibility index (Phi) is 6.19.